The Kier molecular flexibility index (Phi) is 4.46. The second kappa shape index (κ2) is 4.88. The largest absolute Gasteiger partial charge is 0.527 e. The van der Waals surface area contributed by atoms with Crippen molar-refractivity contribution in [2.75, 3.05) is 0 Å². The van der Waals surface area contributed by atoms with Crippen LogP contribution in [0, 0.1) is 0 Å². The van der Waals surface area contributed by atoms with Crippen LogP contribution in [-0.4, -0.2) is 21.2 Å². The van der Waals surface area contributed by atoms with Crippen LogP contribution >= 0.6 is 7.82 Å². The van der Waals surface area contributed by atoms with Gasteiger partial charge in [0.05, 0.1) is 5.56 Å². The number of phosphoric acid groups is 1. The summed E-state index contributed by atoms with van der Waals surface area (Å²) in [6, 6.07) is 7.61. The maximum absolute atomic E-state index is 10.9. The SMILES string of the molecule is O.O=C(OP(=O)(O)O)c1ccccc1. The van der Waals surface area contributed by atoms with E-state index in [0.717, 1.165) is 0 Å². The van der Waals surface area contributed by atoms with Gasteiger partial charge < -0.3 is 10.00 Å². The van der Waals surface area contributed by atoms with Crippen molar-refractivity contribution in [3.63, 3.8) is 0 Å². The smallest absolute Gasteiger partial charge is 0.412 e. The molecule has 0 atom stereocenters. The van der Waals surface area contributed by atoms with Gasteiger partial charge in [-0.3, -0.25) is 9.79 Å². The summed E-state index contributed by atoms with van der Waals surface area (Å²) in [5.74, 6) is -1.03. The molecule has 0 saturated heterocycles. The highest BCUT2D eigenvalue weighted by Gasteiger charge is 2.21. The number of rotatable bonds is 2. The lowest BCUT2D eigenvalue weighted by Gasteiger charge is -2.03. The summed E-state index contributed by atoms with van der Waals surface area (Å²) in [5, 5.41) is 0. The summed E-state index contributed by atoms with van der Waals surface area (Å²) in [7, 11) is -4.74. The molecule has 0 aromatic heterocycles. The van der Waals surface area contributed by atoms with Gasteiger partial charge in [0.15, 0.2) is 0 Å². The molecule has 1 aromatic rings. The molecule has 78 valence electrons. The molecule has 0 unspecified atom stereocenters. The molecule has 7 heteroatoms. The predicted molar refractivity (Wildman–Crippen MR) is 47.5 cm³/mol. The molecule has 0 amide bonds. The van der Waals surface area contributed by atoms with Crippen molar-refractivity contribution < 1.29 is 29.1 Å². The first-order valence-corrected chi connectivity index (χ1v) is 4.86. The van der Waals surface area contributed by atoms with Crippen LogP contribution < -0.4 is 0 Å². The third-order valence-corrected chi connectivity index (χ3v) is 1.61. The topological polar surface area (TPSA) is 115 Å². The summed E-state index contributed by atoms with van der Waals surface area (Å²) in [6.07, 6.45) is 0. The van der Waals surface area contributed by atoms with Crippen molar-refractivity contribution in [1.82, 2.24) is 0 Å². The number of hydrogen-bond acceptors (Lipinski definition) is 3. The molecule has 1 rings (SSSR count). The lowest BCUT2D eigenvalue weighted by molar-refractivity contribution is 0.0678. The van der Waals surface area contributed by atoms with Crippen molar-refractivity contribution in [3.05, 3.63) is 35.9 Å². The summed E-state index contributed by atoms with van der Waals surface area (Å²) < 4.78 is 14.1. The molecule has 0 saturated carbocycles. The fraction of sp³-hybridized carbons (Fsp3) is 0. The molecular formula is C7H9O6P. The van der Waals surface area contributed by atoms with E-state index in [-0.39, 0.29) is 11.0 Å². The van der Waals surface area contributed by atoms with Gasteiger partial charge in [-0.15, -0.1) is 0 Å². The summed E-state index contributed by atoms with van der Waals surface area (Å²) in [4.78, 5) is 27.6. The van der Waals surface area contributed by atoms with Crippen molar-refractivity contribution in [2.24, 2.45) is 0 Å². The Bertz CT molecular complexity index is 342. The summed E-state index contributed by atoms with van der Waals surface area (Å²) >= 11 is 0. The highest BCUT2D eigenvalue weighted by Crippen LogP contribution is 2.36. The average molecular weight is 220 g/mol. The van der Waals surface area contributed by atoms with Crippen LogP contribution in [0.3, 0.4) is 0 Å². The fourth-order valence-corrected chi connectivity index (χ4v) is 1.06. The molecule has 1 aromatic carbocycles. The number of phosphoric ester groups is 1. The molecule has 0 fully saturated rings. The molecule has 0 bridgehead atoms. The van der Waals surface area contributed by atoms with Gasteiger partial charge in [-0.2, -0.15) is 0 Å². The number of benzene rings is 1. The van der Waals surface area contributed by atoms with E-state index in [1.807, 2.05) is 0 Å². The van der Waals surface area contributed by atoms with Gasteiger partial charge in [-0.05, 0) is 12.1 Å². The van der Waals surface area contributed by atoms with Crippen LogP contribution in [-0.2, 0) is 9.09 Å². The van der Waals surface area contributed by atoms with E-state index in [0.29, 0.717) is 0 Å². The molecule has 6 nitrogen and oxygen atoms in total. The fourth-order valence-electron chi connectivity index (χ4n) is 0.735. The Hall–Kier alpha value is -1.20. The van der Waals surface area contributed by atoms with E-state index in [9.17, 15) is 9.36 Å². The molecule has 0 aliphatic heterocycles. The third-order valence-electron chi connectivity index (χ3n) is 1.21. The Morgan fingerprint density at radius 1 is 1.21 bits per heavy atom. The molecule has 14 heavy (non-hydrogen) atoms. The second-order valence-corrected chi connectivity index (χ2v) is 3.40. The molecular weight excluding hydrogens is 211 g/mol. The molecule has 0 aliphatic rings. The van der Waals surface area contributed by atoms with Crippen molar-refractivity contribution >= 4 is 13.8 Å². The quantitative estimate of drug-likeness (QED) is 0.686. The first-order chi connectivity index (χ1) is 5.99. The minimum Gasteiger partial charge on any atom is -0.412 e. The van der Waals surface area contributed by atoms with Crippen molar-refractivity contribution in [1.29, 1.82) is 0 Å². The van der Waals surface area contributed by atoms with Gasteiger partial charge in [0.25, 0.3) is 0 Å². The number of carbonyl (C=O) groups is 1. The Labute approximate surface area is 79.7 Å². The molecule has 4 N–H and O–H groups in total. The first kappa shape index (κ1) is 12.8. The highest BCUT2D eigenvalue weighted by molar-refractivity contribution is 7.46. The van der Waals surface area contributed by atoms with E-state index >= 15 is 0 Å². The van der Waals surface area contributed by atoms with Crippen LogP contribution in [0.25, 0.3) is 0 Å². The maximum atomic E-state index is 10.9. The lowest BCUT2D eigenvalue weighted by atomic mass is 10.2. The van der Waals surface area contributed by atoms with E-state index < -0.39 is 13.8 Å². The first-order valence-electron chi connectivity index (χ1n) is 3.33. The molecule has 0 aliphatic carbocycles. The Morgan fingerprint density at radius 3 is 2.14 bits per heavy atom. The number of carbonyl (C=O) groups excluding carboxylic acids is 1. The van der Waals surface area contributed by atoms with E-state index in [2.05, 4.69) is 4.52 Å². The molecule has 0 spiro atoms. The van der Waals surface area contributed by atoms with Gasteiger partial charge in [-0.1, -0.05) is 18.2 Å². The maximum Gasteiger partial charge on any atom is 0.527 e. The summed E-state index contributed by atoms with van der Waals surface area (Å²) in [5.41, 5.74) is 0.103. The van der Waals surface area contributed by atoms with E-state index in [1.54, 1.807) is 18.2 Å². The van der Waals surface area contributed by atoms with E-state index in [1.165, 1.54) is 12.1 Å². The lowest BCUT2D eigenvalue weighted by Crippen LogP contribution is -2.02. The van der Waals surface area contributed by atoms with Crippen LogP contribution in [0.4, 0.5) is 0 Å². The normalized spacial score (nSPS) is 10.1. The Balaban J connectivity index is 0.00000169. The molecule has 0 heterocycles. The minimum absolute atomic E-state index is 0. The van der Waals surface area contributed by atoms with Gasteiger partial charge in [0, 0.05) is 0 Å². The van der Waals surface area contributed by atoms with Crippen LogP contribution in [0.1, 0.15) is 10.4 Å². The number of hydrogen-bond donors (Lipinski definition) is 2. The van der Waals surface area contributed by atoms with Crippen LogP contribution in [0.5, 0.6) is 0 Å². The highest BCUT2D eigenvalue weighted by atomic mass is 31.2. The van der Waals surface area contributed by atoms with Gasteiger partial charge in [0.2, 0.25) is 0 Å². The molecule has 0 radical (unpaired) electrons. The van der Waals surface area contributed by atoms with E-state index in [4.69, 9.17) is 9.79 Å². The van der Waals surface area contributed by atoms with Gasteiger partial charge >= 0.3 is 13.8 Å². The zero-order valence-corrected chi connectivity index (χ0v) is 7.85. The Morgan fingerprint density at radius 2 is 1.71 bits per heavy atom. The minimum atomic E-state index is -4.74. The third kappa shape index (κ3) is 4.15. The van der Waals surface area contributed by atoms with Crippen LogP contribution in [0.2, 0.25) is 0 Å². The van der Waals surface area contributed by atoms with Gasteiger partial charge in [0.1, 0.15) is 0 Å². The second-order valence-electron chi connectivity index (χ2n) is 2.24. The average Bonchev–Trinajstić information content (AvgIpc) is 2.03. The van der Waals surface area contributed by atoms with Crippen molar-refractivity contribution in [2.45, 2.75) is 0 Å². The van der Waals surface area contributed by atoms with Crippen LogP contribution in [0.15, 0.2) is 30.3 Å². The predicted octanol–water partition coefficient (Wildman–Crippen LogP) is 0.111. The summed E-state index contributed by atoms with van der Waals surface area (Å²) in [6.45, 7) is 0. The van der Waals surface area contributed by atoms with Gasteiger partial charge in [-0.25, -0.2) is 9.36 Å². The van der Waals surface area contributed by atoms with Crippen molar-refractivity contribution in [3.8, 4) is 0 Å². The zero-order chi connectivity index (χ0) is 9.90. The standard InChI is InChI=1S/C7H7O5P.H2O/c8-7(12-13(9,10)11)6-4-2-1-3-5-6;/h1-5H,(H2,9,10,11);1H2. The zero-order valence-electron chi connectivity index (χ0n) is 6.95. The monoisotopic (exact) mass is 220 g/mol.